The third-order valence-electron chi connectivity index (χ3n) is 2.52. The number of rotatable bonds is 4. The van der Waals surface area contributed by atoms with E-state index in [9.17, 15) is 9.59 Å². The van der Waals surface area contributed by atoms with Gasteiger partial charge in [-0.15, -0.1) is 0 Å². The van der Waals surface area contributed by atoms with Crippen molar-refractivity contribution in [2.45, 2.75) is 27.2 Å². The quantitative estimate of drug-likeness (QED) is 0.743. The van der Waals surface area contributed by atoms with E-state index in [1.807, 2.05) is 6.92 Å². The van der Waals surface area contributed by atoms with Crippen LogP contribution in [0.5, 0.6) is 0 Å². The highest BCUT2D eigenvalue weighted by molar-refractivity contribution is 5.89. The molecule has 0 aromatic carbocycles. The maximum Gasteiger partial charge on any atom is 0.225 e. The lowest BCUT2D eigenvalue weighted by molar-refractivity contribution is -0.129. The summed E-state index contributed by atoms with van der Waals surface area (Å²) in [6.45, 7) is 8.02. The summed E-state index contributed by atoms with van der Waals surface area (Å²) in [7, 11) is 0. The molecular weight excluding hydrogens is 192 g/mol. The Morgan fingerprint density at radius 2 is 2.27 bits per heavy atom. The van der Waals surface area contributed by atoms with E-state index in [-0.39, 0.29) is 17.7 Å². The van der Waals surface area contributed by atoms with Crippen molar-refractivity contribution in [3.63, 3.8) is 0 Å². The second kappa shape index (κ2) is 5.14. The molecule has 4 nitrogen and oxygen atoms in total. The first-order valence-electron chi connectivity index (χ1n) is 5.60. The molecule has 0 aliphatic carbocycles. The Labute approximate surface area is 91.0 Å². The molecule has 0 aromatic heterocycles. The predicted octanol–water partition coefficient (Wildman–Crippen LogP) is 0.627. The van der Waals surface area contributed by atoms with Crippen LogP contribution in [0.2, 0.25) is 0 Å². The molecule has 1 aliphatic rings. The van der Waals surface area contributed by atoms with Crippen LogP contribution in [0.1, 0.15) is 27.2 Å². The Hall–Kier alpha value is -1.06. The first-order chi connectivity index (χ1) is 7.04. The molecule has 4 heteroatoms. The van der Waals surface area contributed by atoms with Crippen molar-refractivity contribution in [2.75, 3.05) is 19.6 Å². The molecule has 1 N–H and O–H groups in total. The summed E-state index contributed by atoms with van der Waals surface area (Å²) in [5, 5.41) is 2.76. The molecule has 0 spiro atoms. The lowest BCUT2D eigenvalue weighted by atomic mass is 10.1. The van der Waals surface area contributed by atoms with Crippen LogP contribution in [0.15, 0.2) is 0 Å². The molecule has 2 amide bonds. The first kappa shape index (κ1) is 12.0. The average Bonchev–Trinajstić information content (AvgIpc) is 2.47. The van der Waals surface area contributed by atoms with Crippen LogP contribution in [-0.2, 0) is 9.59 Å². The van der Waals surface area contributed by atoms with Gasteiger partial charge in [-0.2, -0.15) is 0 Å². The molecule has 1 unspecified atom stereocenters. The molecule has 1 saturated heterocycles. The van der Waals surface area contributed by atoms with Crippen molar-refractivity contribution in [1.82, 2.24) is 10.2 Å². The average molecular weight is 212 g/mol. The highest BCUT2D eigenvalue weighted by atomic mass is 16.2. The van der Waals surface area contributed by atoms with E-state index in [0.717, 1.165) is 6.54 Å². The lowest BCUT2D eigenvalue weighted by Crippen LogP contribution is -2.33. The van der Waals surface area contributed by atoms with Gasteiger partial charge in [0.15, 0.2) is 0 Å². The van der Waals surface area contributed by atoms with Crippen molar-refractivity contribution in [1.29, 1.82) is 0 Å². The maximum absolute atomic E-state index is 11.6. The van der Waals surface area contributed by atoms with E-state index in [0.29, 0.717) is 25.4 Å². The molecule has 1 atom stereocenters. The van der Waals surface area contributed by atoms with Crippen molar-refractivity contribution in [3.05, 3.63) is 0 Å². The van der Waals surface area contributed by atoms with Crippen LogP contribution in [0.4, 0.5) is 0 Å². The Morgan fingerprint density at radius 3 is 2.80 bits per heavy atom. The number of likely N-dealkylation sites (tertiary alicyclic amines) is 1. The van der Waals surface area contributed by atoms with Gasteiger partial charge in [-0.1, -0.05) is 13.8 Å². The second-order valence-corrected chi connectivity index (χ2v) is 4.49. The van der Waals surface area contributed by atoms with E-state index in [2.05, 4.69) is 19.2 Å². The molecule has 0 bridgehead atoms. The van der Waals surface area contributed by atoms with Crippen molar-refractivity contribution in [2.24, 2.45) is 11.8 Å². The molecule has 1 aliphatic heterocycles. The second-order valence-electron chi connectivity index (χ2n) is 4.49. The molecule has 1 rings (SSSR count). The third kappa shape index (κ3) is 3.22. The highest BCUT2D eigenvalue weighted by Crippen LogP contribution is 2.18. The van der Waals surface area contributed by atoms with Crippen molar-refractivity contribution in [3.8, 4) is 0 Å². The number of nitrogens with zero attached hydrogens (tertiary/aromatic N) is 1. The summed E-state index contributed by atoms with van der Waals surface area (Å²) in [6.07, 6.45) is 0.374. The van der Waals surface area contributed by atoms with Crippen LogP contribution in [0.3, 0.4) is 0 Å². The standard InChI is InChI=1S/C11H20N2O2/c1-4-12-11(15)9-5-10(14)13(7-9)6-8(2)3/h8-9H,4-7H2,1-3H3,(H,12,15). The van der Waals surface area contributed by atoms with Gasteiger partial charge in [0.2, 0.25) is 11.8 Å². The van der Waals surface area contributed by atoms with Gasteiger partial charge in [-0.25, -0.2) is 0 Å². The van der Waals surface area contributed by atoms with E-state index in [1.165, 1.54) is 0 Å². The van der Waals surface area contributed by atoms with Crippen LogP contribution >= 0.6 is 0 Å². The zero-order valence-corrected chi connectivity index (χ0v) is 9.75. The fourth-order valence-electron chi connectivity index (χ4n) is 1.88. The lowest BCUT2D eigenvalue weighted by Gasteiger charge is -2.18. The van der Waals surface area contributed by atoms with Crippen LogP contribution in [-0.4, -0.2) is 36.3 Å². The molecule has 15 heavy (non-hydrogen) atoms. The Balaban J connectivity index is 2.48. The minimum atomic E-state index is -0.142. The normalized spacial score (nSPS) is 21.2. The van der Waals surface area contributed by atoms with Gasteiger partial charge >= 0.3 is 0 Å². The minimum Gasteiger partial charge on any atom is -0.356 e. The summed E-state index contributed by atoms with van der Waals surface area (Å²) < 4.78 is 0. The Morgan fingerprint density at radius 1 is 1.60 bits per heavy atom. The van der Waals surface area contributed by atoms with E-state index < -0.39 is 0 Å². The monoisotopic (exact) mass is 212 g/mol. The molecule has 1 fully saturated rings. The predicted molar refractivity (Wildman–Crippen MR) is 58.2 cm³/mol. The molecule has 86 valence electrons. The van der Waals surface area contributed by atoms with E-state index in [1.54, 1.807) is 4.90 Å². The topological polar surface area (TPSA) is 49.4 Å². The summed E-state index contributed by atoms with van der Waals surface area (Å²) in [4.78, 5) is 24.9. The highest BCUT2D eigenvalue weighted by Gasteiger charge is 2.33. The fraction of sp³-hybridized carbons (Fsp3) is 0.818. The summed E-state index contributed by atoms with van der Waals surface area (Å²) in [6, 6.07) is 0. The first-order valence-corrected chi connectivity index (χ1v) is 5.60. The number of hydrogen-bond acceptors (Lipinski definition) is 2. The molecule has 1 heterocycles. The fourth-order valence-corrected chi connectivity index (χ4v) is 1.88. The van der Waals surface area contributed by atoms with Crippen LogP contribution in [0.25, 0.3) is 0 Å². The van der Waals surface area contributed by atoms with Gasteiger partial charge in [0.25, 0.3) is 0 Å². The summed E-state index contributed by atoms with van der Waals surface area (Å²) >= 11 is 0. The summed E-state index contributed by atoms with van der Waals surface area (Å²) in [5.41, 5.74) is 0. The molecule has 0 radical (unpaired) electrons. The number of amides is 2. The third-order valence-corrected chi connectivity index (χ3v) is 2.52. The van der Waals surface area contributed by atoms with E-state index in [4.69, 9.17) is 0 Å². The Kier molecular flexibility index (Phi) is 4.12. The molecular formula is C11H20N2O2. The zero-order valence-electron chi connectivity index (χ0n) is 9.75. The SMILES string of the molecule is CCNC(=O)C1CC(=O)N(CC(C)C)C1. The number of carbonyl (C=O) groups is 2. The largest absolute Gasteiger partial charge is 0.356 e. The minimum absolute atomic E-state index is 0.0112. The Bertz CT molecular complexity index is 251. The van der Waals surface area contributed by atoms with Gasteiger partial charge in [-0.3, -0.25) is 9.59 Å². The van der Waals surface area contributed by atoms with Gasteiger partial charge in [0.05, 0.1) is 5.92 Å². The zero-order chi connectivity index (χ0) is 11.4. The molecule has 0 saturated carbocycles. The van der Waals surface area contributed by atoms with E-state index >= 15 is 0 Å². The maximum atomic E-state index is 11.6. The van der Waals surface area contributed by atoms with Gasteiger partial charge in [-0.05, 0) is 12.8 Å². The van der Waals surface area contributed by atoms with Gasteiger partial charge in [0.1, 0.15) is 0 Å². The smallest absolute Gasteiger partial charge is 0.225 e. The van der Waals surface area contributed by atoms with Crippen molar-refractivity contribution >= 4 is 11.8 Å². The number of carbonyl (C=O) groups excluding carboxylic acids is 2. The number of nitrogens with one attached hydrogen (secondary N) is 1. The van der Waals surface area contributed by atoms with Gasteiger partial charge < -0.3 is 10.2 Å². The summed E-state index contributed by atoms with van der Waals surface area (Å²) in [5.74, 6) is 0.440. The van der Waals surface area contributed by atoms with Crippen LogP contribution in [0, 0.1) is 11.8 Å². The van der Waals surface area contributed by atoms with Gasteiger partial charge in [0, 0.05) is 26.1 Å². The van der Waals surface area contributed by atoms with Crippen LogP contribution < -0.4 is 5.32 Å². The van der Waals surface area contributed by atoms with Crippen molar-refractivity contribution < 1.29 is 9.59 Å². The number of hydrogen-bond donors (Lipinski definition) is 1. The molecule has 0 aromatic rings.